The maximum atomic E-state index is 11.2. The molecule has 1 N–H and O–H groups in total. The first kappa shape index (κ1) is 13.9. The van der Waals surface area contributed by atoms with Crippen molar-refractivity contribution in [1.29, 1.82) is 0 Å². The van der Waals surface area contributed by atoms with Crippen LogP contribution < -0.4 is 4.90 Å². The molecule has 0 saturated carbocycles. The summed E-state index contributed by atoms with van der Waals surface area (Å²) in [7, 11) is 0. The van der Waals surface area contributed by atoms with Crippen LogP contribution in [-0.4, -0.2) is 29.1 Å². The van der Waals surface area contributed by atoms with Gasteiger partial charge in [-0.05, 0) is 49.9 Å². The maximum Gasteiger partial charge on any atom is 0.335 e. The van der Waals surface area contributed by atoms with Gasteiger partial charge in [-0.15, -0.1) is 0 Å². The molecule has 1 aromatic heterocycles. The van der Waals surface area contributed by atoms with Gasteiger partial charge in [-0.2, -0.15) is 0 Å². The Labute approximate surface area is 124 Å². The molecule has 0 bridgehead atoms. The van der Waals surface area contributed by atoms with E-state index in [1.807, 2.05) is 13.0 Å². The highest BCUT2D eigenvalue weighted by Crippen LogP contribution is 2.31. The third-order valence-corrected chi connectivity index (χ3v) is 4.16. The monoisotopic (exact) mass is 284 g/mol. The number of carboxylic acids is 1. The lowest BCUT2D eigenvalue weighted by Crippen LogP contribution is -2.34. The van der Waals surface area contributed by atoms with Crippen LogP contribution >= 0.6 is 0 Å². The van der Waals surface area contributed by atoms with Gasteiger partial charge in [0.15, 0.2) is 0 Å². The van der Waals surface area contributed by atoms with E-state index in [-0.39, 0.29) is 0 Å². The van der Waals surface area contributed by atoms with Crippen LogP contribution in [0, 0.1) is 12.8 Å². The number of benzene rings is 1. The van der Waals surface area contributed by atoms with E-state index in [9.17, 15) is 9.90 Å². The SMILES string of the molecule is Cc1cc(N2CCC[C@H](C)C2)c2cc(C(=O)O)ccc2n1. The van der Waals surface area contributed by atoms with Crippen LogP contribution in [0.25, 0.3) is 10.9 Å². The highest BCUT2D eigenvalue weighted by Gasteiger charge is 2.19. The zero-order valence-corrected chi connectivity index (χ0v) is 12.5. The van der Waals surface area contributed by atoms with Crippen molar-refractivity contribution in [3.63, 3.8) is 0 Å². The van der Waals surface area contributed by atoms with Crippen molar-refractivity contribution in [2.45, 2.75) is 26.7 Å². The molecule has 110 valence electrons. The predicted octanol–water partition coefficient (Wildman–Crippen LogP) is 3.48. The van der Waals surface area contributed by atoms with Gasteiger partial charge in [0, 0.05) is 29.9 Å². The van der Waals surface area contributed by atoms with Gasteiger partial charge in [-0.3, -0.25) is 4.98 Å². The number of rotatable bonds is 2. The molecule has 1 aromatic carbocycles. The lowest BCUT2D eigenvalue weighted by molar-refractivity contribution is 0.0697. The Morgan fingerprint density at radius 2 is 2.19 bits per heavy atom. The number of aromatic nitrogens is 1. The molecular formula is C17H20N2O2. The summed E-state index contributed by atoms with van der Waals surface area (Å²) in [6, 6.07) is 7.26. The van der Waals surface area contributed by atoms with Gasteiger partial charge in [-0.1, -0.05) is 6.92 Å². The molecule has 2 aromatic rings. The molecule has 21 heavy (non-hydrogen) atoms. The van der Waals surface area contributed by atoms with Crippen molar-refractivity contribution in [1.82, 2.24) is 4.98 Å². The van der Waals surface area contributed by atoms with Gasteiger partial charge in [0.1, 0.15) is 0 Å². The molecule has 1 aliphatic heterocycles. The van der Waals surface area contributed by atoms with Gasteiger partial charge in [0.2, 0.25) is 0 Å². The van der Waals surface area contributed by atoms with Crippen molar-refractivity contribution < 1.29 is 9.90 Å². The smallest absolute Gasteiger partial charge is 0.335 e. The predicted molar refractivity (Wildman–Crippen MR) is 84.1 cm³/mol. The van der Waals surface area contributed by atoms with Gasteiger partial charge >= 0.3 is 5.97 Å². The summed E-state index contributed by atoms with van der Waals surface area (Å²) in [6.07, 6.45) is 2.45. The van der Waals surface area contributed by atoms with E-state index in [2.05, 4.69) is 22.9 Å². The van der Waals surface area contributed by atoms with Crippen molar-refractivity contribution in [2.75, 3.05) is 18.0 Å². The summed E-state index contributed by atoms with van der Waals surface area (Å²) in [5.41, 5.74) is 3.28. The van der Waals surface area contributed by atoms with E-state index in [0.717, 1.165) is 35.4 Å². The number of fused-ring (bicyclic) bond motifs is 1. The van der Waals surface area contributed by atoms with Crippen molar-refractivity contribution in [2.24, 2.45) is 5.92 Å². The first-order valence-electron chi connectivity index (χ1n) is 7.44. The number of nitrogens with zero attached hydrogens (tertiary/aromatic N) is 2. The molecule has 0 radical (unpaired) electrons. The van der Waals surface area contributed by atoms with Gasteiger partial charge in [-0.25, -0.2) is 4.79 Å². The summed E-state index contributed by atoms with van der Waals surface area (Å²) in [4.78, 5) is 18.1. The molecule has 1 saturated heterocycles. The Bertz CT molecular complexity index is 696. The van der Waals surface area contributed by atoms with Crippen LogP contribution in [0.1, 0.15) is 35.8 Å². The molecule has 1 atom stereocenters. The average molecular weight is 284 g/mol. The zero-order chi connectivity index (χ0) is 15.0. The van der Waals surface area contributed by atoms with Crippen LogP contribution in [0.4, 0.5) is 5.69 Å². The first-order chi connectivity index (χ1) is 10.0. The number of pyridine rings is 1. The molecule has 1 fully saturated rings. The second-order valence-corrected chi connectivity index (χ2v) is 6.01. The fourth-order valence-corrected chi connectivity index (χ4v) is 3.14. The molecule has 0 unspecified atom stereocenters. The number of anilines is 1. The quantitative estimate of drug-likeness (QED) is 0.917. The summed E-state index contributed by atoms with van der Waals surface area (Å²) in [5.74, 6) is -0.222. The molecule has 0 spiro atoms. The van der Waals surface area contributed by atoms with Crippen molar-refractivity contribution >= 4 is 22.6 Å². The zero-order valence-electron chi connectivity index (χ0n) is 12.5. The third kappa shape index (κ3) is 2.71. The molecule has 0 amide bonds. The highest BCUT2D eigenvalue weighted by molar-refractivity contribution is 5.98. The molecule has 4 heteroatoms. The largest absolute Gasteiger partial charge is 0.478 e. The molecule has 4 nitrogen and oxygen atoms in total. The summed E-state index contributed by atoms with van der Waals surface area (Å²) in [6.45, 7) is 6.31. The first-order valence-corrected chi connectivity index (χ1v) is 7.44. The Morgan fingerprint density at radius 3 is 2.90 bits per heavy atom. The van der Waals surface area contributed by atoms with E-state index in [0.29, 0.717) is 11.5 Å². The number of aromatic carboxylic acids is 1. The molecule has 1 aliphatic rings. The lowest BCUT2D eigenvalue weighted by Gasteiger charge is -2.33. The van der Waals surface area contributed by atoms with E-state index in [1.165, 1.54) is 12.8 Å². The van der Waals surface area contributed by atoms with Crippen LogP contribution in [0.5, 0.6) is 0 Å². The second-order valence-electron chi connectivity index (χ2n) is 6.01. The number of carbonyl (C=O) groups is 1. The standard InChI is InChI=1S/C17H20N2O2/c1-11-4-3-7-19(10-11)16-8-12(2)18-15-6-5-13(17(20)21)9-14(15)16/h5-6,8-9,11H,3-4,7,10H2,1-2H3,(H,20,21)/t11-/m0/s1. The van der Waals surface area contributed by atoms with Crippen LogP contribution in [0.15, 0.2) is 24.3 Å². The van der Waals surface area contributed by atoms with Gasteiger partial charge in [0.05, 0.1) is 11.1 Å². The number of aryl methyl sites for hydroxylation is 1. The minimum atomic E-state index is -0.893. The number of hydrogen-bond donors (Lipinski definition) is 1. The Balaban J connectivity index is 2.14. The minimum absolute atomic E-state index is 0.319. The lowest BCUT2D eigenvalue weighted by atomic mass is 9.98. The Kier molecular flexibility index (Phi) is 3.53. The van der Waals surface area contributed by atoms with Crippen LogP contribution in [-0.2, 0) is 0 Å². The van der Waals surface area contributed by atoms with E-state index >= 15 is 0 Å². The molecule has 2 heterocycles. The average Bonchev–Trinajstić information content (AvgIpc) is 2.45. The molecule has 3 rings (SSSR count). The van der Waals surface area contributed by atoms with Crippen LogP contribution in [0.2, 0.25) is 0 Å². The van der Waals surface area contributed by atoms with E-state index < -0.39 is 5.97 Å². The van der Waals surface area contributed by atoms with E-state index in [4.69, 9.17) is 0 Å². The van der Waals surface area contributed by atoms with E-state index in [1.54, 1.807) is 12.1 Å². The normalized spacial score (nSPS) is 19.0. The number of carboxylic acid groups (broad SMARTS) is 1. The summed E-state index contributed by atoms with van der Waals surface area (Å²) >= 11 is 0. The second kappa shape index (κ2) is 5.35. The van der Waals surface area contributed by atoms with Crippen molar-refractivity contribution in [3.8, 4) is 0 Å². The summed E-state index contributed by atoms with van der Waals surface area (Å²) < 4.78 is 0. The van der Waals surface area contributed by atoms with Crippen LogP contribution in [0.3, 0.4) is 0 Å². The molecular weight excluding hydrogens is 264 g/mol. The minimum Gasteiger partial charge on any atom is -0.478 e. The highest BCUT2D eigenvalue weighted by atomic mass is 16.4. The third-order valence-electron chi connectivity index (χ3n) is 4.16. The number of piperidine rings is 1. The maximum absolute atomic E-state index is 11.2. The number of hydrogen-bond acceptors (Lipinski definition) is 3. The van der Waals surface area contributed by atoms with Crippen molar-refractivity contribution in [3.05, 3.63) is 35.5 Å². The molecule has 0 aliphatic carbocycles. The Morgan fingerprint density at radius 1 is 1.38 bits per heavy atom. The fraction of sp³-hybridized carbons (Fsp3) is 0.412. The fourth-order valence-electron chi connectivity index (χ4n) is 3.14. The Hall–Kier alpha value is -2.10. The summed E-state index contributed by atoms with van der Waals surface area (Å²) in [5, 5.41) is 10.1. The van der Waals surface area contributed by atoms with Gasteiger partial charge in [0.25, 0.3) is 0 Å². The van der Waals surface area contributed by atoms with Gasteiger partial charge < -0.3 is 10.0 Å². The topological polar surface area (TPSA) is 53.4 Å².